The van der Waals surface area contributed by atoms with Crippen molar-refractivity contribution in [1.29, 1.82) is 0 Å². The van der Waals surface area contributed by atoms with Crippen LogP contribution in [0.3, 0.4) is 0 Å². The summed E-state index contributed by atoms with van der Waals surface area (Å²) in [6.45, 7) is 3.03. The van der Waals surface area contributed by atoms with Gasteiger partial charge < -0.3 is 9.47 Å². The fraction of sp³-hybridized carbons (Fsp3) is 0.263. The number of nitrogens with one attached hydrogen (secondary N) is 1. The highest BCUT2D eigenvalue weighted by atomic mass is 16.6. The molecule has 8 nitrogen and oxygen atoms in total. The summed E-state index contributed by atoms with van der Waals surface area (Å²) in [4.78, 5) is 22.5. The molecule has 1 aliphatic rings. The molecular formula is C19H19N3O5. The van der Waals surface area contributed by atoms with E-state index < -0.39 is 10.8 Å². The van der Waals surface area contributed by atoms with Crippen LogP contribution < -0.4 is 14.9 Å². The van der Waals surface area contributed by atoms with Gasteiger partial charge in [0.2, 0.25) is 0 Å². The van der Waals surface area contributed by atoms with Crippen molar-refractivity contribution in [1.82, 2.24) is 5.43 Å². The number of rotatable bonds is 4. The minimum Gasteiger partial charge on any atom is -0.490 e. The number of benzene rings is 2. The molecule has 0 unspecified atom stereocenters. The van der Waals surface area contributed by atoms with E-state index in [1.807, 2.05) is 18.2 Å². The van der Waals surface area contributed by atoms with Crippen molar-refractivity contribution < 1.29 is 19.2 Å². The Bertz CT molecular complexity index is 895. The van der Waals surface area contributed by atoms with Gasteiger partial charge in [-0.2, -0.15) is 5.10 Å². The maximum Gasteiger partial charge on any atom is 0.271 e. The van der Waals surface area contributed by atoms with Crippen molar-refractivity contribution in [2.24, 2.45) is 5.10 Å². The Hall–Kier alpha value is -3.42. The van der Waals surface area contributed by atoms with Gasteiger partial charge in [-0.3, -0.25) is 14.9 Å². The molecule has 1 heterocycles. The van der Waals surface area contributed by atoms with Gasteiger partial charge in [0.15, 0.2) is 11.5 Å². The number of amides is 1. The van der Waals surface area contributed by atoms with E-state index in [2.05, 4.69) is 10.5 Å². The standard InChI is InChI=1S/C19H19N3O5/c1-13(14-7-8-17-18(12-14)27-10-3-2-9-26-17)20-21-19(23)15-5-4-6-16(11-15)22(24)25/h4-8,11-12H,2-3,9-10H2,1H3,(H,21,23)/b20-13-. The second-order valence-corrected chi connectivity index (χ2v) is 6.01. The molecule has 27 heavy (non-hydrogen) atoms. The molecule has 140 valence electrons. The van der Waals surface area contributed by atoms with Gasteiger partial charge in [0.1, 0.15) is 0 Å². The zero-order valence-electron chi connectivity index (χ0n) is 14.8. The average Bonchev–Trinajstić information content (AvgIpc) is 2.66. The number of hydrogen-bond acceptors (Lipinski definition) is 6. The van der Waals surface area contributed by atoms with Gasteiger partial charge in [-0.25, -0.2) is 5.43 Å². The van der Waals surface area contributed by atoms with Gasteiger partial charge in [-0.05, 0) is 44.0 Å². The first-order valence-corrected chi connectivity index (χ1v) is 8.54. The molecule has 0 saturated heterocycles. The number of nitrogens with zero attached hydrogens (tertiary/aromatic N) is 2. The molecule has 8 heteroatoms. The Labute approximate surface area is 155 Å². The summed E-state index contributed by atoms with van der Waals surface area (Å²) >= 11 is 0. The van der Waals surface area contributed by atoms with Crippen LogP contribution in [0, 0.1) is 10.1 Å². The number of non-ortho nitro benzene ring substituents is 1. The summed E-state index contributed by atoms with van der Waals surface area (Å²) in [6.07, 6.45) is 1.88. The first-order chi connectivity index (χ1) is 13.0. The van der Waals surface area contributed by atoms with E-state index >= 15 is 0 Å². The molecule has 0 atom stereocenters. The van der Waals surface area contributed by atoms with E-state index in [1.54, 1.807) is 6.92 Å². The number of hydrogen-bond donors (Lipinski definition) is 1. The SMILES string of the molecule is C/C(=N/NC(=O)c1cccc([N+](=O)[O-])c1)c1ccc2c(c1)OCCCCO2. The monoisotopic (exact) mass is 369 g/mol. The van der Waals surface area contributed by atoms with Crippen molar-refractivity contribution in [3.63, 3.8) is 0 Å². The molecule has 2 aromatic rings. The Morgan fingerprint density at radius 1 is 1.07 bits per heavy atom. The summed E-state index contributed by atoms with van der Waals surface area (Å²) < 4.78 is 11.4. The van der Waals surface area contributed by atoms with Crippen LogP contribution in [0.15, 0.2) is 47.6 Å². The number of carbonyl (C=O) groups excluding carboxylic acids is 1. The summed E-state index contributed by atoms with van der Waals surface area (Å²) in [6, 6.07) is 10.9. The van der Waals surface area contributed by atoms with E-state index in [4.69, 9.17) is 9.47 Å². The number of carbonyl (C=O) groups is 1. The van der Waals surface area contributed by atoms with Crippen molar-refractivity contribution in [3.8, 4) is 11.5 Å². The summed E-state index contributed by atoms with van der Waals surface area (Å²) in [5.74, 6) is 0.808. The first kappa shape index (κ1) is 18.4. The maximum atomic E-state index is 12.2. The van der Waals surface area contributed by atoms with Gasteiger partial charge >= 0.3 is 0 Å². The molecule has 0 bridgehead atoms. The molecule has 0 fully saturated rings. The van der Waals surface area contributed by atoms with Crippen LogP contribution in [0.25, 0.3) is 0 Å². The number of ether oxygens (including phenoxy) is 2. The maximum absolute atomic E-state index is 12.2. The zero-order chi connectivity index (χ0) is 19.2. The third-order valence-electron chi connectivity index (χ3n) is 4.06. The second-order valence-electron chi connectivity index (χ2n) is 6.01. The summed E-state index contributed by atoms with van der Waals surface area (Å²) in [5.41, 5.74) is 3.78. The molecule has 0 aliphatic carbocycles. The molecular weight excluding hydrogens is 350 g/mol. The van der Waals surface area contributed by atoms with Gasteiger partial charge in [0.25, 0.3) is 11.6 Å². The smallest absolute Gasteiger partial charge is 0.271 e. The molecule has 3 rings (SSSR count). The highest BCUT2D eigenvalue weighted by molar-refractivity contribution is 6.01. The van der Waals surface area contributed by atoms with Gasteiger partial charge in [0.05, 0.1) is 23.8 Å². The van der Waals surface area contributed by atoms with Crippen molar-refractivity contribution >= 4 is 17.3 Å². The fourth-order valence-electron chi connectivity index (χ4n) is 2.56. The number of nitro benzene ring substituents is 1. The third kappa shape index (κ3) is 4.60. The number of nitro groups is 1. The zero-order valence-corrected chi connectivity index (χ0v) is 14.8. The highest BCUT2D eigenvalue weighted by Crippen LogP contribution is 2.30. The van der Waals surface area contributed by atoms with Crippen molar-refractivity contribution in [2.45, 2.75) is 19.8 Å². The van der Waals surface area contributed by atoms with Crippen LogP contribution in [0.2, 0.25) is 0 Å². The van der Waals surface area contributed by atoms with Crippen LogP contribution in [-0.2, 0) is 0 Å². The van der Waals surface area contributed by atoms with E-state index in [-0.39, 0.29) is 11.3 Å². The molecule has 1 amide bonds. The lowest BCUT2D eigenvalue weighted by molar-refractivity contribution is -0.384. The predicted molar refractivity (Wildman–Crippen MR) is 99.4 cm³/mol. The molecule has 0 spiro atoms. The van der Waals surface area contributed by atoms with E-state index in [0.717, 1.165) is 18.4 Å². The predicted octanol–water partition coefficient (Wildman–Crippen LogP) is 3.30. The van der Waals surface area contributed by atoms with Crippen molar-refractivity contribution in [3.05, 3.63) is 63.7 Å². The molecule has 0 aromatic heterocycles. The van der Waals surface area contributed by atoms with Crippen LogP contribution in [0.5, 0.6) is 11.5 Å². The molecule has 0 saturated carbocycles. The van der Waals surface area contributed by atoms with Crippen LogP contribution in [-0.4, -0.2) is 29.8 Å². The highest BCUT2D eigenvalue weighted by Gasteiger charge is 2.13. The minimum absolute atomic E-state index is 0.151. The van der Waals surface area contributed by atoms with E-state index in [0.29, 0.717) is 30.4 Å². The summed E-state index contributed by atoms with van der Waals surface area (Å²) in [7, 11) is 0. The normalized spacial score (nSPS) is 14.0. The molecule has 1 aliphatic heterocycles. The van der Waals surface area contributed by atoms with Crippen LogP contribution in [0.1, 0.15) is 35.7 Å². The lowest BCUT2D eigenvalue weighted by atomic mass is 10.1. The Kier molecular flexibility index (Phi) is 5.65. The van der Waals surface area contributed by atoms with Crippen LogP contribution in [0.4, 0.5) is 5.69 Å². The number of hydrazone groups is 1. The van der Waals surface area contributed by atoms with Gasteiger partial charge in [-0.15, -0.1) is 0 Å². The average molecular weight is 369 g/mol. The minimum atomic E-state index is -0.550. The lowest BCUT2D eigenvalue weighted by Crippen LogP contribution is -2.19. The van der Waals surface area contributed by atoms with Gasteiger partial charge in [-0.1, -0.05) is 6.07 Å². The van der Waals surface area contributed by atoms with Gasteiger partial charge in [0, 0.05) is 23.3 Å². The van der Waals surface area contributed by atoms with E-state index in [1.165, 1.54) is 24.3 Å². The Morgan fingerprint density at radius 3 is 2.56 bits per heavy atom. The summed E-state index contributed by atoms with van der Waals surface area (Å²) in [5, 5.41) is 14.9. The Morgan fingerprint density at radius 2 is 1.81 bits per heavy atom. The van der Waals surface area contributed by atoms with Crippen molar-refractivity contribution in [2.75, 3.05) is 13.2 Å². The largest absolute Gasteiger partial charge is 0.490 e. The quantitative estimate of drug-likeness (QED) is 0.506. The number of fused-ring (bicyclic) bond motifs is 1. The molecule has 2 aromatic carbocycles. The van der Waals surface area contributed by atoms with E-state index in [9.17, 15) is 14.9 Å². The fourth-order valence-corrected chi connectivity index (χ4v) is 2.56. The lowest BCUT2D eigenvalue weighted by Gasteiger charge is -2.17. The van der Waals surface area contributed by atoms with Crippen LogP contribution >= 0.6 is 0 Å². The molecule has 1 N–H and O–H groups in total. The Balaban J connectivity index is 1.73. The molecule has 0 radical (unpaired) electrons. The third-order valence-corrected chi connectivity index (χ3v) is 4.06. The first-order valence-electron chi connectivity index (χ1n) is 8.54. The second kappa shape index (κ2) is 8.31. The topological polar surface area (TPSA) is 103 Å².